The summed E-state index contributed by atoms with van der Waals surface area (Å²) in [5, 5.41) is 6.97. The largest absolute Gasteiger partial charge is 0.369 e. The van der Waals surface area contributed by atoms with Gasteiger partial charge in [0.25, 0.3) is 5.91 Å². The summed E-state index contributed by atoms with van der Waals surface area (Å²) >= 11 is 6.02. The standard InChI is InChI=1S/C18H21ClN4O/c1-11(2)16-22-15-14(7-9-21-18(15)24)17(23-16)20-8-6-12-4-3-5-13(19)10-12/h3-5,10-11H,6-9H2,1-2H3,(H,21,24)(H,20,22,23). The minimum Gasteiger partial charge on any atom is -0.369 e. The summed E-state index contributed by atoms with van der Waals surface area (Å²) in [6, 6.07) is 7.83. The van der Waals surface area contributed by atoms with Gasteiger partial charge in [-0.15, -0.1) is 0 Å². The fourth-order valence-electron chi connectivity index (χ4n) is 2.73. The molecule has 0 atom stereocenters. The molecule has 24 heavy (non-hydrogen) atoms. The average molecular weight is 345 g/mol. The van der Waals surface area contributed by atoms with Gasteiger partial charge in [-0.1, -0.05) is 37.6 Å². The number of hydrogen-bond acceptors (Lipinski definition) is 4. The van der Waals surface area contributed by atoms with Crippen LogP contribution in [-0.2, 0) is 12.8 Å². The van der Waals surface area contributed by atoms with E-state index in [-0.39, 0.29) is 11.8 Å². The summed E-state index contributed by atoms with van der Waals surface area (Å²) in [7, 11) is 0. The fourth-order valence-corrected chi connectivity index (χ4v) is 2.95. The van der Waals surface area contributed by atoms with Gasteiger partial charge in [0.05, 0.1) is 0 Å². The van der Waals surface area contributed by atoms with Crippen molar-refractivity contribution in [2.24, 2.45) is 0 Å². The van der Waals surface area contributed by atoms with E-state index in [1.165, 1.54) is 5.56 Å². The molecular weight excluding hydrogens is 324 g/mol. The van der Waals surface area contributed by atoms with E-state index in [1.807, 2.05) is 32.0 Å². The van der Waals surface area contributed by atoms with E-state index in [4.69, 9.17) is 11.6 Å². The maximum Gasteiger partial charge on any atom is 0.270 e. The first-order valence-electron chi connectivity index (χ1n) is 8.22. The van der Waals surface area contributed by atoms with Crippen LogP contribution >= 0.6 is 11.6 Å². The Morgan fingerprint density at radius 3 is 2.92 bits per heavy atom. The van der Waals surface area contributed by atoms with Crippen LogP contribution in [0, 0.1) is 0 Å². The number of carbonyl (C=O) groups is 1. The molecule has 1 aromatic heterocycles. The van der Waals surface area contributed by atoms with Gasteiger partial charge in [0.2, 0.25) is 0 Å². The molecule has 0 saturated carbocycles. The molecule has 5 nitrogen and oxygen atoms in total. The Labute approximate surface area is 146 Å². The summed E-state index contributed by atoms with van der Waals surface area (Å²) in [5.74, 6) is 1.52. The van der Waals surface area contributed by atoms with E-state index in [0.29, 0.717) is 18.1 Å². The monoisotopic (exact) mass is 344 g/mol. The molecule has 0 unspecified atom stereocenters. The van der Waals surface area contributed by atoms with Crippen molar-refractivity contribution >= 4 is 23.3 Å². The molecule has 2 heterocycles. The highest BCUT2D eigenvalue weighted by atomic mass is 35.5. The summed E-state index contributed by atoms with van der Waals surface area (Å²) in [6.07, 6.45) is 1.58. The number of fused-ring (bicyclic) bond motifs is 1. The topological polar surface area (TPSA) is 66.9 Å². The van der Waals surface area contributed by atoms with Crippen LogP contribution < -0.4 is 10.6 Å². The minimum absolute atomic E-state index is 0.113. The molecule has 0 radical (unpaired) electrons. The van der Waals surface area contributed by atoms with Gasteiger partial charge in [-0.2, -0.15) is 0 Å². The van der Waals surface area contributed by atoms with Crippen LogP contribution in [0.1, 0.15) is 47.2 Å². The lowest BCUT2D eigenvalue weighted by molar-refractivity contribution is 0.0940. The maximum atomic E-state index is 12.1. The molecule has 1 aliphatic rings. The molecule has 2 aromatic rings. The first-order chi connectivity index (χ1) is 11.5. The zero-order valence-electron chi connectivity index (χ0n) is 13.9. The number of nitrogens with zero attached hydrogens (tertiary/aromatic N) is 2. The van der Waals surface area contributed by atoms with Crippen LogP contribution in [0.15, 0.2) is 24.3 Å². The average Bonchev–Trinajstić information content (AvgIpc) is 2.55. The van der Waals surface area contributed by atoms with Crippen molar-refractivity contribution in [3.05, 3.63) is 51.9 Å². The van der Waals surface area contributed by atoms with Crippen molar-refractivity contribution in [3.8, 4) is 0 Å². The van der Waals surface area contributed by atoms with Gasteiger partial charge in [-0.05, 0) is 30.5 Å². The number of amides is 1. The molecule has 2 N–H and O–H groups in total. The summed E-state index contributed by atoms with van der Waals surface area (Å²) in [4.78, 5) is 21.2. The molecule has 0 saturated heterocycles. The van der Waals surface area contributed by atoms with Crippen LogP contribution in [0.2, 0.25) is 5.02 Å². The maximum absolute atomic E-state index is 12.1. The van der Waals surface area contributed by atoms with Crippen LogP contribution in [0.4, 0.5) is 5.82 Å². The van der Waals surface area contributed by atoms with Crippen LogP contribution in [0.5, 0.6) is 0 Å². The van der Waals surface area contributed by atoms with Crippen LogP contribution in [0.25, 0.3) is 0 Å². The molecular formula is C18H21ClN4O. The number of anilines is 1. The molecule has 0 aliphatic carbocycles. The molecule has 3 rings (SSSR count). The van der Waals surface area contributed by atoms with Gasteiger partial charge < -0.3 is 10.6 Å². The Kier molecular flexibility index (Phi) is 5.00. The lowest BCUT2D eigenvalue weighted by Crippen LogP contribution is -2.34. The summed E-state index contributed by atoms with van der Waals surface area (Å²) in [5.41, 5.74) is 2.58. The third kappa shape index (κ3) is 3.67. The SMILES string of the molecule is CC(C)c1nc(NCCc2cccc(Cl)c2)c2c(n1)C(=O)NCC2. The molecule has 1 aromatic carbocycles. The fraction of sp³-hybridized carbons (Fsp3) is 0.389. The Bertz CT molecular complexity index is 761. The number of rotatable bonds is 5. The van der Waals surface area contributed by atoms with Crippen molar-refractivity contribution in [1.29, 1.82) is 0 Å². The number of benzene rings is 1. The second-order valence-corrected chi connectivity index (χ2v) is 6.66. The van der Waals surface area contributed by atoms with Crippen LogP contribution in [-0.4, -0.2) is 29.0 Å². The molecule has 0 spiro atoms. The zero-order valence-corrected chi connectivity index (χ0v) is 14.7. The molecule has 0 fully saturated rings. The van der Waals surface area contributed by atoms with Crippen molar-refractivity contribution in [1.82, 2.24) is 15.3 Å². The van der Waals surface area contributed by atoms with E-state index < -0.39 is 0 Å². The Morgan fingerprint density at radius 2 is 2.17 bits per heavy atom. The lowest BCUT2D eigenvalue weighted by atomic mass is 10.0. The van der Waals surface area contributed by atoms with Crippen molar-refractivity contribution in [3.63, 3.8) is 0 Å². The molecule has 1 aliphatic heterocycles. The smallest absolute Gasteiger partial charge is 0.270 e. The predicted octanol–water partition coefficient (Wildman–Crippen LogP) is 3.19. The molecule has 0 bridgehead atoms. The highest BCUT2D eigenvalue weighted by molar-refractivity contribution is 6.30. The van der Waals surface area contributed by atoms with Gasteiger partial charge in [-0.25, -0.2) is 9.97 Å². The second-order valence-electron chi connectivity index (χ2n) is 6.22. The Hall–Kier alpha value is -2.14. The highest BCUT2D eigenvalue weighted by Gasteiger charge is 2.24. The zero-order chi connectivity index (χ0) is 17.1. The first-order valence-corrected chi connectivity index (χ1v) is 8.59. The molecule has 126 valence electrons. The van der Waals surface area contributed by atoms with Crippen molar-refractivity contribution in [2.45, 2.75) is 32.6 Å². The quantitative estimate of drug-likeness (QED) is 0.874. The Balaban J connectivity index is 1.80. The van der Waals surface area contributed by atoms with Gasteiger partial charge in [0.1, 0.15) is 17.3 Å². The van der Waals surface area contributed by atoms with E-state index >= 15 is 0 Å². The van der Waals surface area contributed by atoms with Gasteiger partial charge >= 0.3 is 0 Å². The van der Waals surface area contributed by atoms with E-state index in [2.05, 4.69) is 26.7 Å². The summed E-state index contributed by atoms with van der Waals surface area (Å²) in [6.45, 7) is 5.40. The number of nitrogens with one attached hydrogen (secondary N) is 2. The van der Waals surface area contributed by atoms with Gasteiger partial charge in [0, 0.05) is 29.6 Å². The van der Waals surface area contributed by atoms with E-state index in [1.54, 1.807) is 0 Å². The third-order valence-electron chi connectivity index (χ3n) is 4.01. The highest BCUT2D eigenvalue weighted by Crippen LogP contribution is 2.23. The number of carbonyl (C=O) groups excluding carboxylic acids is 1. The predicted molar refractivity (Wildman–Crippen MR) is 95.8 cm³/mol. The first kappa shape index (κ1) is 16.7. The van der Waals surface area contributed by atoms with Gasteiger partial charge in [0.15, 0.2) is 0 Å². The molecule has 1 amide bonds. The summed E-state index contributed by atoms with van der Waals surface area (Å²) < 4.78 is 0. The number of hydrogen-bond donors (Lipinski definition) is 2. The van der Waals surface area contributed by atoms with E-state index in [0.717, 1.165) is 35.8 Å². The van der Waals surface area contributed by atoms with Gasteiger partial charge in [-0.3, -0.25) is 4.79 Å². The van der Waals surface area contributed by atoms with Crippen molar-refractivity contribution < 1.29 is 4.79 Å². The van der Waals surface area contributed by atoms with Crippen molar-refractivity contribution in [2.75, 3.05) is 18.4 Å². The minimum atomic E-state index is -0.113. The third-order valence-corrected chi connectivity index (χ3v) is 4.25. The molecule has 6 heteroatoms. The Morgan fingerprint density at radius 1 is 1.33 bits per heavy atom. The lowest BCUT2D eigenvalue weighted by Gasteiger charge is -2.21. The number of aromatic nitrogens is 2. The van der Waals surface area contributed by atoms with Crippen LogP contribution in [0.3, 0.4) is 0 Å². The van der Waals surface area contributed by atoms with E-state index in [9.17, 15) is 4.79 Å². The normalized spacial score (nSPS) is 13.6. The number of halogens is 1. The second kappa shape index (κ2) is 7.18.